The molecule has 1 atom stereocenters. The second kappa shape index (κ2) is 12.9. The van der Waals surface area contributed by atoms with Crippen LogP contribution in [0, 0.1) is 0 Å². The summed E-state index contributed by atoms with van der Waals surface area (Å²) in [4.78, 5) is 31.7. The van der Waals surface area contributed by atoms with Gasteiger partial charge < -0.3 is 14.2 Å². The molecule has 0 N–H and O–H groups in total. The summed E-state index contributed by atoms with van der Waals surface area (Å²) < 4.78 is 13.7. The van der Waals surface area contributed by atoms with Crippen LogP contribution >= 0.6 is 0 Å². The van der Waals surface area contributed by atoms with Crippen LogP contribution in [-0.4, -0.2) is 32.1 Å². The second-order valence-corrected chi connectivity index (χ2v) is 5.54. The molecule has 6 heteroatoms. The summed E-state index contributed by atoms with van der Waals surface area (Å²) in [5.74, 6) is -1.45. The van der Waals surface area contributed by atoms with Crippen LogP contribution in [0.2, 0.25) is 0 Å². The van der Waals surface area contributed by atoms with E-state index in [4.69, 9.17) is 4.74 Å². The van der Waals surface area contributed by atoms with Crippen LogP contribution in [0.5, 0.6) is 0 Å². The minimum absolute atomic E-state index is 0.286. The fourth-order valence-electron chi connectivity index (χ4n) is 2.06. The number of hydrogen-bond donors (Lipinski definition) is 0. The molecule has 0 spiro atoms. The zero-order chi connectivity index (χ0) is 20.8. The Morgan fingerprint density at radius 3 is 1.82 bits per heavy atom. The zero-order valence-corrected chi connectivity index (χ0v) is 16.2. The van der Waals surface area contributed by atoms with E-state index in [2.05, 4.69) is 9.47 Å². The van der Waals surface area contributed by atoms with Gasteiger partial charge in [0.2, 0.25) is 0 Å². The molecule has 0 aliphatic carbocycles. The van der Waals surface area contributed by atoms with Gasteiger partial charge in [-0.1, -0.05) is 66.7 Å². The van der Waals surface area contributed by atoms with E-state index in [9.17, 15) is 14.4 Å². The summed E-state index contributed by atoms with van der Waals surface area (Å²) in [6.07, 6.45) is 3.19. The Labute approximate surface area is 164 Å². The molecule has 0 fully saturated rings. The molecular formula is C22H24O6. The van der Waals surface area contributed by atoms with Crippen LogP contribution in [0.15, 0.2) is 66.7 Å². The Morgan fingerprint density at radius 1 is 0.857 bits per heavy atom. The van der Waals surface area contributed by atoms with Crippen molar-refractivity contribution in [2.45, 2.75) is 19.4 Å². The maximum absolute atomic E-state index is 11.2. The lowest BCUT2D eigenvalue weighted by atomic mass is 10.1. The number of hydrogen-bond acceptors (Lipinski definition) is 6. The Bertz CT molecular complexity index is 754. The van der Waals surface area contributed by atoms with Crippen LogP contribution in [0.4, 0.5) is 0 Å². The van der Waals surface area contributed by atoms with Crippen molar-refractivity contribution in [3.05, 3.63) is 77.9 Å². The number of carbonyl (C=O) groups excluding carboxylic acids is 3. The van der Waals surface area contributed by atoms with Gasteiger partial charge in [-0.2, -0.15) is 0 Å². The van der Waals surface area contributed by atoms with Gasteiger partial charge in [-0.3, -0.25) is 14.4 Å². The number of benzene rings is 2. The average molecular weight is 384 g/mol. The lowest BCUT2D eigenvalue weighted by Crippen LogP contribution is -2.09. The van der Waals surface area contributed by atoms with Gasteiger partial charge in [-0.05, 0) is 17.2 Å². The van der Waals surface area contributed by atoms with E-state index in [1.54, 1.807) is 0 Å². The topological polar surface area (TPSA) is 78.9 Å². The standard InChI is InChI=1S/C17H16O2.C5H8O4/c1-14(18)19-17(16-10-6-3-7-11-16)13-12-15-8-4-2-5-9-15;1-8-4(6)3-5(7)9-2/h2-13,17H,1H3;3H2,1-2H3/b13-12+;. The summed E-state index contributed by atoms with van der Waals surface area (Å²) in [5.41, 5.74) is 2.04. The first-order chi connectivity index (χ1) is 13.5. The molecule has 2 rings (SSSR count). The van der Waals surface area contributed by atoms with Crippen molar-refractivity contribution in [1.29, 1.82) is 0 Å². The third-order valence-corrected chi connectivity index (χ3v) is 3.43. The minimum Gasteiger partial charge on any atom is -0.469 e. The fraction of sp³-hybridized carbons (Fsp3) is 0.227. The summed E-state index contributed by atoms with van der Waals surface area (Å²) in [6.45, 7) is 1.42. The Balaban J connectivity index is 0.000000370. The molecule has 0 saturated carbocycles. The summed E-state index contributed by atoms with van der Waals surface area (Å²) in [5, 5.41) is 0. The zero-order valence-electron chi connectivity index (χ0n) is 16.2. The van der Waals surface area contributed by atoms with Crippen LogP contribution in [0.1, 0.15) is 30.6 Å². The van der Waals surface area contributed by atoms with E-state index in [1.165, 1.54) is 21.1 Å². The Kier molecular flexibility index (Phi) is 10.4. The minimum atomic E-state index is -0.582. The lowest BCUT2D eigenvalue weighted by Gasteiger charge is -2.13. The molecule has 0 bridgehead atoms. The van der Waals surface area contributed by atoms with E-state index >= 15 is 0 Å². The van der Waals surface area contributed by atoms with Gasteiger partial charge >= 0.3 is 17.9 Å². The average Bonchev–Trinajstić information content (AvgIpc) is 2.72. The third-order valence-electron chi connectivity index (χ3n) is 3.43. The first kappa shape index (κ1) is 22.6. The van der Waals surface area contributed by atoms with Crippen molar-refractivity contribution in [2.24, 2.45) is 0 Å². The first-order valence-corrected chi connectivity index (χ1v) is 8.55. The Hall–Kier alpha value is -3.41. The molecule has 0 aromatic heterocycles. The van der Waals surface area contributed by atoms with Crippen molar-refractivity contribution in [1.82, 2.24) is 0 Å². The van der Waals surface area contributed by atoms with E-state index in [-0.39, 0.29) is 18.5 Å². The number of esters is 3. The highest BCUT2D eigenvalue weighted by Crippen LogP contribution is 2.20. The van der Waals surface area contributed by atoms with Gasteiger partial charge in [-0.25, -0.2) is 0 Å². The van der Waals surface area contributed by atoms with Gasteiger partial charge in [0.1, 0.15) is 12.5 Å². The van der Waals surface area contributed by atoms with Crippen LogP contribution in [0.25, 0.3) is 6.08 Å². The van der Waals surface area contributed by atoms with Gasteiger partial charge in [0.15, 0.2) is 0 Å². The predicted octanol–water partition coefficient (Wildman–Crippen LogP) is 3.73. The van der Waals surface area contributed by atoms with Crippen molar-refractivity contribution < 1.29 is 28.6 Å². The first-order valence-electron chi connectivity index (χ1n) is 8.55. The highest BCUT2D eigenvalue weighted by Gasteiger charge is 2.10. The van der Waals surface area contributed by atoms with Gasteiger partial charge in [0, 0.05) is 6.92 Å². The van der Waals surface area contributed by atoms with Crippen molar-refractivity contribution >= 4 is 24.0 Å². The smallest absolute Gasteiger partial charge is 0.316 e. The van der Waals surface area contributed by atoms with Crippen molar-refractivity contribution in [3.63, 3.8) is 0 Å². The quantitative estimate of drug-likeness (QED) is 0.429. The maximum atomic E-state index is 11.2. The molecule has 0 radical (unpaired) electrons. The third kappa shape index (κ3) is 9.33. The molecular weight excluding hydrogens is 360 g/mol. The SMILES string of the molecule is CC(=O)OC(/C=C/c1ccccc1)c1ccccc1.COC(=O)CC(=O)OC. The molecule has 0 saturated heterocycles. The van der Waals surface area contributed by atoms with E-state index in [1.807, 2.05) is 72.8 Å². The largest absolute Gasteiger partial charge is 0.469 e. The highest BCUT2D eigenvalue weighted by atomic mass is 16.5. The van der Waals surface area contributed by atoms with Gasteiger partial charge in [0.25, 0.3) is 0 Å². The van der Waals surface area contributed by atoms with Gasteiger partial charge in [0.05, 0.1) is 14.2 Å². The molecule has 0 heterocycles. The summed E-state index contributed by atoms with van der Waals surface area (Å²) in [6, 6.07) is 19.6. The van der Waals surface area contributed by atoms with Crippen molar-refractivity contribution in [3.8, 4) is 0 Å². The number of rotatable bonds is 6. The van der Waals surface area contributed by atoms with Crippen LogP contribution in [0.3, 0.4) is 0 Å². The highest BCUT2D eigenvalue weighted by molar-refractivity contribution is 5.90. The lowest BCUT2D eigenvalue weighted by molar-refractivity contribution is -0.151. The van der Waals surface area contributed by atoms with E-state index in [0.717, 1.165) is 11.1 Å². The molecule has 0 aliphatic heterocycles. The normalized spacial score (nSPS) is 11.0. The molecule has 2 aromatic carbocycles. The molecule has 28 heavy (non-hydrogen) atoms. The molecule has 2 aromatic rings. The molecule has 1 unspecified atom stereocenters. The van der Waals surface area contributed by atoms with Crippen LogP contribution < -0.4 is 0 Å². The predicted molar refractivity (Wildman–Crippen MR) is 105 cm³/mol. The van der Waals surface area contributed by atoms with Crippen LogP contribution in [-0.2, 0) is 28.6 Å². The Morgan fingerprint density at radius 2 is 1.36 bits per heavy atom. The molecule has 0 amide bonds. The second-order valence-electron chi connectivity index (χ2n) is 5.54. The molecule has 0 aliphatic rings. The summed E-state index contributed by atoms with van der Waals surface area (Å²) in [7, 11) is 2.43. The van der Waals surface area contributed by atoms with E-state index < -0.39 is 11.9 Å². The fourth-order valence-corrected chi connectivity index (χ4v) is 2.06. The van der Waals surface area contributed by atoms with Crippen molar-refractivity contribution in [2.75, 3.05) is 14.2 Å². The molecule has 148 valence electrons. The number of carbonyl (C=O) groups is 3. The monoisotopic (exact) mass is 384 g/mol. The van der Waals surface area contributed by atoms with E-state index in [0.29, 0.717) is 0 Å². The number of ether oxygens (including phenoxy) is 3. The summed E-state index contributed by atoms with van der Waals surface area (Å²) >= 11 is 0. The number of methoxy groups -OCH3 is 2. The van der Waals surface area contributed by atoms with Gasteiger partial charge in [-0.15, -0.1) is 0 Å². The maximum Gasteiger partial charge on any atom is 0.316 e. The molecule has 6 nitrogen and oxygen atoms in total.